The third-order valence-electron chi connectivity index (χ3n) is 3.67. The highest BCUT2D eigenvalue weighted by molar-refractivity contribution is 9.10. The summed E-state index contributed by atoms with van der Waals surface area (Å²) >= 11 is 3.34. The van der Waals surface area contributed by atoms with Crippen molar-refractivity contribution in [3.8, 4) is 0 Å². The number of fused-ring (bicyclic) bond motifs is 1. The van der Waals surface area contributed by atoms with E-state index in [9.17, 15) is 9.59 Å². The summed E-state index contributed by atoms with van der Waals surface area (Å²) in [6, 6.07) is 5.45. The summed E-state index contributed by atoms with van der Waals surface area (Å²) in [7, 11) is 0. The molecule has 0 N–H and O–H groups in total. The number of carbonyl (C=O) groups is 2. The highest BCUT2D eigenvalue weighted by atomic mass is 79.9. The van der Waals surface area contributed by atoms with Crippen molar-refractivity contribution in [3.05, 3.63) is 28.2 Å². The Bertz CT molecular complexity index is 513. The lowest BCUT2D eigenvalue weighted by Crippen LogP contribution is -2.30. The van der Waals surface area contributed by atoms with Crippen molar-refractivity contribution in [2.24, 2.45) is 0 Å². The van der Waals surface area contributed by atoms with E-state index in [0.29, 0.717) is 12.1 Å². The molecule has 1 aromatic carbocycles. The van der Waals surface area contributed by atoms with Crippen molar-refractivity contribution in [2.75, 3.05) is 11.4 Å². The Morgan fingerprint density at radius 2 is 1.75 bits per heavy atom. The number of anilines is 1. The van der Waals surface area contributed by atoms with Crippen molar-refractivity contribution >= 4 is 33.3 Å². The van der Waals surface area contributed by atoms with Gasteiger partial charge in [0.15, 0.2) is 0 Å². The van der Waals surface area contributed by atoms with Gasteiger partial charge in [-0.2, -0.15) is 0 Å². The number of amides is 1. The Labute approximate surface area is 128 Å². The molecular weight excluding hydrogens is 318 g/mol. The van der Waals surface area contributed by atoms with Crippen LogP contribution >= 0.6 is 15.9 Å². The largest absolute Gasteiger partial charge is 0.305 e. The van der Waals surface area contributed by atoms with Gasteiger partial charge < -0.3 is 4.90 Å². The van der Waals surface area contributed by atoms with E-state index in [1.54, 1.807) is 11.0 Å². The molecule has 0 aromatic heterocycles. The van der Waals surface area contributed by atoms with Crippen molar-refractivity contribution in [1.82, 2.24) is 0 Å². The zero-order valence-corrected chi connectivity index (χ0v) is 13.4. The van der Waals surface area contributed by atoms with Gasteiger partial charge in [0, 0.05) is 11.0 Å². The molecule has 0 spiro atoms. The predicted molar refractivity (Wildman–Crippen MR) is 84.2 cm³/mol. The number of benzene rings is 1. The number of unbranched alkanes of at least 4 members (excludes halogenated alkanes) is 5. The Hall–Kier alpha value is -1.16. The molecule has 0 fully saturated rings. The van der Waals surface area contributed by atoms with Gasteiger partial charge in [-0.15, -0.1) is 0 Å². The van der Waals surface area contributed by atoms with E-state index in [1.165, 1.54) is 25.7 Å². The van der Waals surface area contributed by atoms with Gasteiger partial charge in [0.1, 0.15) is 0 Å². The summed E-state index contributed by atoms with van der Waals surface area (Å²) in [6.45, 7) is 2.84. The third kappa shape index (κ3) is 3.29. The van der Waals surface area contributed by atoms with Gasteiger partial charge in [-0.1, -0.05) is 55.0 Å². The van der Waals surface area contributed by atoms with Crippen LogP contribution in [0.2, 0.25) is 0 Å². The monoisotopic (exact) mass is 337 g/mol. The molecule has 0 saturated carbocycles. The molecule has 0 aliphatic carbocycles. The molecule has 0 atom stereocenters. The van der Waals surface area contributed by atoms with Gasteiger partial charge in [0.05, 0.1) is 11.3 Å². The average Bonchev–Trinajstić information content (AvgIpc) is 2.67. The lowest BCUT2D eigenvalue weighted by molar-refractivity contribution is -0.114. The van der Waals surface area contributed by atoms with Crippen LogP contribution in [-0.2, 0) is 4.79 Å². The number of hydrogen-bond donors (Lipinski definition) is 0. The molecule has 1 aromatic rings. The Morgan fingerprint density at radius 1 is 1.05 bits per heavy atom. The van der Waals surface area contributed by atoms with E-state index in [4.69, 9.17) is 0 Å². The number of nitrogens with zero attached hydrogens (tertiary/aromatic N) is 1. The molecule has 1 aliphatic rings. The SMILES string of the molecule is CCCCCCCCN1C(=O)C(=O)c2cc(Br)ccc21. The van der Waals surface area contributed by atoms with Gasteiger partial charge in [-0.25, -0.2) is 0 Å². The molecule has 1 aliphatic heterocycles. The number of hydrogen-bond acceptors (Lipinski definition) is 2. The molecule has 1 amide bonds. The van der Waals surface area contributed by atoms with Gasteiger partial charge in [0.2, 0.25) is 0 Å². The zero-order valence-electron chi connectivity index (χ0n) is 11.8. The molecule has 108 valence electrons. The molecule has 0 saturated heterocycles. The molecular formula is C16H20BrNO2. The van der Waals surface area contributed by atoms with Crippen LogP contribution in [0.1, 0.15) is 55.8 Å². The number of carbonyl (C=O) groups excluding carboxylic acids is 2. The van der Waals surface area contributed by atoms with Crippen molar-refractivity contribution in [3.63, 3.8) is 0 Å². The maximum atomic E-state index is 12.0. The summed E-state index contributed by atoms with van der Waals surface area (Å²) in [5.74, 6) is -0.765. The van der Waals surface area contributed by atoms with Crippen LogP contribution in [0.3, 0.4) is 0 Å². The second kappa shape index (κ2) is 7.02. The first-order valence-corrected chi connectivity index (χ1v) is 8.10. The van der Waals surface area contributed by atoms with Gasteiger partial charge in [-0.3, -0.25) is 9.59 Å². The van der Waals surface area contributed by atoms with E-state index < -0.39 is 0 Å². The quantitative estimate of drug-likeness (QED) is 0.548. The van der Waals surface area contributed by atoms with E-state index in [-0.39, 0.29) is 11.7 Å². The number of Topliss-reactive ketones (excluding diaryl/α,β-unsaturated/α-hetero) is 1. The van der Waals surface area contributed by atoms with Crippen LogP contribution < -0.4 is 4.90 Å². The topological polar surface area (TPSA) is 37.4 Å². The highest BCUT2D eigenvalue weighted by Gasteiger charge is 2.35. The molecule has 20 heavy (non-hydrogen) atoms. The minimum absolute atomic E-state index is 0.382. The minimum Gasteiger partial charge on any atom is -0.305 e. The molecule has 0 radical (unpaired) electrons. The summed E-state index contributed by atoms with van der Waals surface area (Å²) < 4.78 is 0.832. The first-order chi connectivity index (χ1) is 9.65. The average molecular weight is 338 g/mol. The molecule has 3 nitrogen and oxygen atoms in total. The fourth-order valence-electron chi connectivity index (χ4n) is 2.54. The minimum atomic E-state index is -0.383. The second-order valence-corrected chi connectivity index (χ2v) is 6.13. The van der Waals surface area contributed by atoms with E-state index in [1.807, 2.05) is 12.1 Å². The zero-order chi connectivity index (χ0) is 14.5. The lowest BCUT2D eigenvalue weighted by Gasteiger charge is -2.16. The maximum absolute atomic E-state index is 12.0. The molecule has 0 bridgehead atoms. The van der Waals surface area contributed by atoms with E-state index in [0.717, 1.165) is 23.0 Å². The maximum Gasteiger partial charge on any atom is 0.299 e. The summed E-state index contributed by atoms with van der Waals surface area (Å²) in [5, 5.41) is 0. The molecule has 2 rings (SSSR count). The predicted octanol–water partition coefficient (Wildman–Crippen LogP) is 4.34. The molecule has 0 unspecified atom stereocenters. The van der Waals surface area contributed by atoms with Crippen molar-refractivity contribution in [1.29, 1.82) is 0 Å². The fourth-order valence-corrected chi connectivity index (χ4v) is 2.91. The highest BCUT2D eigenvalue weighted by Crippen LogP contribution is 2.31. The van der Waals surface area contributed by atoms with E-state index in [2.05, 4.69) is 22.9 Å². The number of rotatable bonds is 7. The first-order valence-electron chi connectivity index (χ1n) is 7.31. The van der Waals surface area contributed by atoms with Gasteiger partial charge in [-0.05, 0) is 24.6 Å². The van der Waals surface area contributed by atoms with Crippen LogP contribution in [0.15, 0.2) is 22.7 Å². The number of ketones is 1. The summed E-state index contributed by atoms with van der Waals surface area (Å²) in [4.78, 5) is 25.6. The van der Waals surface area contributed by atoms with Crippen molar-refractivity contribution in [2.45, 2.75) is 45.4 Å². The van der Waals surface area contributed by atoms with Gasteiger partial charge in [0.25, 0.3) is 11.7 Å². The van der Waals surface area contributed by atoms with Crippen LogP contribution in [-0.4, -0.2) is 18.2 Å². The molecule has 1 heterocycles. The van der Waals surface area contributed by atoms with Crippen LogP contribution in [0, 0.1) is 0 Å². The van der Waals surface area contributed by atoms with E-state index >= 15 is 0 Å². The van der Waals surface area contributed by atoms with Crippen molar-refractivity contribution < 1.29 is 9.59 Å². The fraction of sp³-hybridized carbons (Fsp3) is 0.500. The third-order valence-corrected chi connectivity index (χ3v) is 4.16. The van der Waals surface area contributed by atoms with Crippen LogP contribution in [0.4, 0.5) is 5.69 Å². The van der Waals surface area contributed by atoms with Crippen LogP contribution in [0.25, 0.3) is 0 Å². The number of halogens is 1. The normalized spacial score (nSPS) is 14.0. The smallest absolute Gasteiger partial charge is 0.299 e. The lowest BCUT2D eigenvalue weighted by atomic mass is 10.1. The second-order valence-electron chi connectivity index (χ2n) is 5.22. The van der Waals surface area contributed by atoms with Gasteiger partial charge >= 0.3 is 0 Å². The first kappa shape index (κ1) is 15.2. The standard InChI is InChI=1S/C16H20BrNO2/c1-2-3-4-5-6-7-10-18-14-9-8-12(17)11-13(14)15(19)16(18)20/h8-9,11H,2-7,10H2,1H3. The Kier molecular flexibility index (Phi) is 5.35. The van der Waals surface area contributed by atoms with Crippen LogP contribution in [0.5, 0.6) is 0 Å². The Morgan fingerprint density at radius 3 is 2.50 bits per heavy atom. The summed E-state index contributed by atoms with van der Waals surface area (Å²) in [5.41, 5.74) is 1.28. The molecule has 4 heteroatoms. The Balaban J connectivity index is 1.93. The summed E-state index contributed by atoms with van der Waals surface area (Å²) in [6.07, 6.45) is 7.05.